The molecule has 1 aliphatic heterocycles. The van der Waals surface area contributed by atoms with Gasteiger partial charge >= 0.3 is 23.9 Å². The van der Waals surface area contributed by atoms with Gasteiger partial charge in [-0.3, -0.25) is 0 Å². The number of carbonyl (C=O) groups is 4. The van der Waals surface area contributed by atoms with Gasteiger partial charge in [0.25, 0.3) is 0 Å². The van der Waals surface area contributed by atoms with Gasteiger partial charge in [-0.1, -0.05) is 26.3 Å². The maximum absolute atomic E-state index is 12.2. The molecule has 0 unspecified atom stereocenters. The van der Waals surface area contributed by atoms with Crippen LogP contribution in [0.1, 0.15) is 98.9 Å². The van der Waals surface area contributed by atoms with Crippen LogP contribution in [0.25, 0.3) is 0 Å². The minimum Gasteiger partial charge on any atom is -0.462 e. The number of ether oxygens (including phenoxy) is 4. The monoisotopic (exact) mass is 764 g/mol. The molecule has 4 aromatic rings. The average molecular weight is 765 g/mol. The average Bonchev–Trinajstić information content (AvgIpc) is 4.04. The molecule has 0 spiro atoms. The summed E-state index contributed by atoms with van der Waals surface area (Å²) in [5, 5.41) is 0. The van der Waals surface area contributed by atoms with Crippen molar-refractivity contribution in [3.8, 4) is 0 Å². The molecule has 5 heterocycles. The summed E-state index contributed by atoms with van der Waals surface area (Å²) in [5.74, 6) is -2.05. The minimum atomic E-state index is -0.718. The summed E-state index contributed by atoms with van der Waals surface area (Å²) in [6, 6.07) is 16.3. The van der Waals surface area contributed by atoms with E-state index in [-0.39, 0.29) is 26.4 Å². The van der Waals surface area contributed by atoms with Gasteiger partial charge in [-0.25, -0.2) is 19.2 Å². The first-order chi connectivity index (χ1) is 26.7. The summed E-state index contributed by atoms with van der Waals surface area (Å²) in [4.78, 5) is 63.5. The third kappa shape index (κ3) is 8.14. The van der Waals surface area contributed by atoms with Gasteiger partial charge in [0, 0.05) is 69.9 Å². The van der Waals surface area contributed by atoms with E-state index in [2.05, 4.69) is 73.9 Å². The number of carbonyl (C=O) groups excluding carboxylic acids is 4. The van der Waals surface area contributed by atoms with Crippen LogP contribution >= 0.6 is 0 Å². The predicted octanol–water partition coefficient (Wildman–Crippen LogP) is 7.01. The number of hydrogen-bond donors (Lipinski definition) is 4. The maximum Gasteiger partial charge on any atom is 0.330 e. The Morgan fingerprint density at radius 2 is 0.571 bits per heavy atom. The molecule has 0 atom stereocenters. The van der Waals surface area contributed by atoms with E-state index < -0.39 is 45.5 Å². The molecule has 4 aromatic heterocycles. The first-order valence-electron chi connectivity index (χ1n) is 18.6. The smallest absolute Gasteiger partial charge is 0.330 e. The van der Waals surface area contributed by atoms with Crippen molar-refractivity contribution in [1.29, 1.82) is 0 Å². The van der Waals surface area contributed by atoms with Crippen molar-refractivity contribution in [2.75, 3.05) is 26.4 Å². The van der Waals surface area contributed by atoms with Gasteiger partial charge in [0.15, 0.2) is 0 Å². The highest BCUT2D eigenvalue weighted by Gasteiger charge is 2.41. The Morgan fingerprint density at radius 1 is 0.411 bits per heavy atom. The van der Waals surface area contributed by atoms with Gasteiger partial charge in [0.1, 0.15) is 0 Å². The topological polar surface area (TPSA) is 168 Å². The van der Waals surface area contributed by atoms with Gasteiger partial charge in [-0.2, -0.15) is 0 Å². The van der Waals surface area contributed by atoms with Crippen molar-refractivity contribution in [1.82, 2.24) is 19.9 Å². The molecule has 0 radical (unpaired) electrons. The summed E-state index contributed by atoms with van der Waals surface area (Å²) >= 11 is 0. The van der Waals surface area contributed by atoms with E-state index in [0.29, 0.717) is 25.7 Å². The van der Waals surface area contributed by atoms with E-state index in [4.69, 9.17) is 18.9 Å². The molecule has 5 rings (SSSR count). The second-order valence-electron chi connectivity index (χ2n) is 15.0. The summed E-state index contributed by atoms with van der Waals surface area (Å²) in [6.45, 7) is 23.0. The predicted molar refractivity (Wildman–Crippen MR) is 212 cm³/mol. The Morgan fingerprint density at radius 3 is 0.714 bits per heavy atom. The largest absolute Gasteiger partial charge is 0.462 e. The van der Waals surface area contributed by atoms with Crippen LogP contribution in [0.15, 0.2) is 99.2 Å². The second kappa shape index (κ2) is 16.8. The van der Waals surface area contributed by atoms with Crippen molar-refractivity contribution in [2.24, 2.45) is 0 Å². The van der Waals surface area contributed by atoms with E-state index in [1.165, 1.54) is 0 Å². The lowest BCUT2D eigenvalue weighted by molar-refractivity contribution is -0.139. The Bertz CT molecular complexity index is 1740. The highest BCUT2D eigenvalue weighted by Crippen LogP contribution is 2.44. The number of H-pyrrole nitrogens is 4. The van der Waals surface area contributed by atoms with Crippen molar-refractivity contribution >= 4 is 23.9 Å². The van der Waals surface area contributed by atoms with Gasteiger partial charge in [0.2, 0.25) is 0 Å². The molecule has 1 aliphatic rings. The van der Waals surface area contributed by atoms with E-state index in [9.17, 15) is 19.2 Å². The highest BCUT2D eigenvalue weighted by molar-refractivity contribution is 5.82. The molecule has 8 bridgehead atoms. The SMILES string of the molecule is C=CC(=O)OCCC1(C)c2ccc([nH]2)C(C)(CCOC(=O)C=C)c2ccc([nH]2)C(C)(CCOC(=O)C=C)c2ccc([nH]2)C(C)(CCOC(=O)C=C)c2ccc1[nH]2. The molecule has 0 aromatic carbocycles. The lowest BCUT2D eigenvalue weighted by Gasteiger charge is -2.33. The zero-order chi connectivity index (χ0) is 40.7. The van der Waals surface area contributed by atoms with E-state index >= 15 is 0 Å². The molecule has 0 aliphatic carbocycles. The first kappa shape index (κ1) is 41.1. The van der Waals surface area contributed by atoms with Crippen molar-refractivity contribution in [3.63, 3.8) is 0 Å². The lowest BCUT2D eigenvalue weighted by Crippen LogP contribution is -2.32. The van der Waals surface area contributed by atoms with Crippen LogP contribution < -0.4 is 0 Å². The number of nitrogens with one attached hydrogen (secondary N) is 4. The quantitative estimate of drug-likeness (QED) is 0.0537. The number of hydrogen-bond acceptors (Lipinski definition) is 8. The molecule has 0 saturated heterocycles. The van der Waals surface area contributed by atoms with E-state index in [1.54, 1.807) is 0 Å². The number of fused-ring (bicyclic) bond motifs is 8. The minimum absolute atomic E-state index is 0.119. The Labute approximate surface area is 327 Å². The fourth-order valence-corrected chi connectivity index (χ4v) is 7.47. The van der Waals surface area contributed by atoms with Crippen LogP contribution in [0.2, 0.25) is 0 Å². The standard InChI is InChI=1S/C44H52N4O8/c1-9-37(49)53-25-21-41(5)29-13-15-31(45-29)42(6,22-26-54-38(50)10-2)33-17-19-35(47-33)44(8,24-28-56-40(52)12-4)36-20-18-34(48-36)43(7,23-27-55-39(51)11-3)32-16-14-30(41)46-32/h9-20,45-48H,1-4,21-28H2,5-8H3. The van der Waals surface area contributed by atoms with Crippen LogP contribution in [-0.4, -0.2) is 70.2 Å². The summed E-state index contributed by atoms with van der Waals surface area (Å²) in [6.07, 6.45) is 6.25. The number of rotatable bonds is 16. The van der Waals surface area contributed by atoms with Crippen LogP contribution in [0, 0.1) is 0 Å². The van der Waals surface area contributed by atoms with Crippen molar-refractivity contribution in [2.45, 2.75) is 75.0 Å². The zero-order valence-corrected chi connectivity index (χ0v) is 32.7. The Kier molecular flexibility index (Phi) is 12.3. The summed E-state index contributed by atoms with van der Waals surface area (Å²) in [7, 11) is 0. The number of esters is 4. The maximum atomic E-state index is 12.2. The second-order valence-corrected chi connectivity index (χ2v) is 15.0. The van der Waals surface area contributed by atoms with Gasteiger partial charge in [-0.15, -0.1) is 0 Å². The molecular weight excluding hydrogens is 713 g/mol. The third-order valence-electron chi connectivity index (χ3n) is 11.6. The van der Waals surface area contributed by atoms with Crippen LogP contribution in [0.5, 0.6) is 0 Å². The molecule has 12 nitrogen and oxygen atoms in total. The van der Waals surface area contributed by atoms with Crippen LogP contribution in [-0.2, 0) is 59.8 Å². The van der Waals surface area contributed by atoms with Gasteiger partial charge in [-0.05, 0) is 102 Å². The van der Waals surface area contributed by atoms with E-state index in [1.807, 2.05) is 48.5 Å². The lowest BCUT2D eigenvalue weighted by atomic mass is 9.79. The molecular formula is C44H52N4O8. The van der Waals surface area contributed by atoms with Crippen LogP contribution in [0.3, 0.4) is 0 Å². The van der Waals surface area contributed by atoms with Gasteiger partial charge in [0.05, 0.1) is 48.1 Å². The molecule has 0 saturated carbocycles. The van der Waals surface area contributed by atoms with E-state index in [0.717, 1.165) is 69.9 Å². The van der Waals surface area contributed by atoms with Gasteiger partial charge < -0.3 is 38.9 Å². The summed E-state index contributed by atoms with van der Waals surface area (Å²) < 4.78 is 22.1. The Hall–Kier alpha value is -6.04. The highest BCUT2D eigenvalue weighted by atomic mass is 16.5. The van der Waals surface area contributed by atoms with Crippen molar-refractivity contribution < 1.29 is 38.1 Å². The molecule has 296 valence electrons. The van der Waals surface area contributed by atoms with Crippen LogP contribution in [0.4, 0.5) is 0 Å². The third-order valence-corrected chi connectivity index (χ3v) is 11.6. The zero-order valence-electron chi connectivity index (χ0n) is 32.7. The molecule has 0 amide bonds. The normalized spacial score (nSPS) is 22.6. The molecule has 12 heteroatoms. The summed E-state index contributed by atoms with van der Waals surface area (Å²) in [5.41, 5.74) is 4.03. The van der Waals surface area contributed by atoms with Crippen molar-refractivity contribution in [3.05, 3.63) is 145 Å². The first-order valence-corrected chi connectivity index (χ1v) is 18.6. The fraction of sp³-hybridized carbons (Fsp3) is 0.364. The number of aromatic nitrogens is 4. The Balaban J connectivity index is 1.73. The molecule has 0 fully saturated rings. The molecule has 4 N–H and O–H groups in total. The number of aromatic amines is 4. The molecule has 56 heavy (non-hydrogen) atoms. The fourth-order valence-electron chi connectivity index (χ4n) is 7.47.